The van der Waals surface area contributed by atoms with Crippen LogP contribution in [0.3, 0.4) is 0 Å². The molecule has 0 bridgehead atoms. The molecule has 0 fully saturated rings. The van der Waals surface area contributed by atoms with Crippen molar-refractivity contribution in [3.05, 3.63) is 219 Å². The molecule has 0 N–H and O–H groups in total. The summed E-state index contributed by atoms with van der Waals surface area (Å²) in [6.07, 6.45) is 9.18. The van der Waals surface area contributed by atoms with Gasteiger partial charge in [-0.2, -0.15) is 0 Å². The summed E-state index contributed by atoms with van der Waals surface area (Å²) in [4.78, 5) is 29.3. The van der Waals surface area contributed by atoms with E-state index >= 15 is 0 Å². The van der Waals surface area contributed by atoms with E-state index in [1.165, 1.54) is 0 Å². The monoisotopic (exact) mass is 844 g/mol. The molecule has 0 unspecified atom stereocenters. The summed E-state index contributed by atoms with van der Waals surface area (Å²) in [5.74, 6) is 0.542. The molecule has 0 spiro atoms. The molecule has 0 aliphatic carbocycles. The van der Waals surface area contributed by atoms with Gasteiger partial charge in [0.2, 0.25) is 5.95 Å². The summed E-state index contributed by atoms with van der Waals surface area (Å²) in [5.41, 5.74) is 16.7. The van der Waals surface area contributed by atoms with E-state index in [2.05, 4.69) is 154 Å². The summed E-state index contributed by atoms with van der Waals surface area (Å²) in [6.45, 7) is 0. The minimum Gasteiger partial charge on any atom is -0.307 e. The molecule has 0 atom stereocenters. The summed E-state index contributed by atoms with van der Waals surface area (Å²) in [6, 6.07) is 65.9. The lowest BCUT2D eigenvalue weighted by Crippen LogP contribution is -2.04. The van der Waals surface area contributed by atoms with Crippen molar-refractivity contribution in [3.63, 3.8) is 0 Å². The number of pyridine rings is 4. The van der Waals surface area contributed by atoms with Crippen molar-refractivity contribution in [3.8, 4) is 67.7 Å². The number of fused-ring (bicyclic) bond motifs is 8. The molecule has 8 heteroatoms. The van der Waals surface area contributed by atoms with Gasteiger partial charge in [0.05, 0.1) is 50.2 Å². The van der Waals surface area contributed by atoms with Crippen molar-refractivity contribution in [2.45, 2.75) is 0 Å². The molecule has 0 amide bonds. The molecule has 0 aliphatic heterocycles. The fourth-order valence-electron chi connectivity index (χ4n) is 9.51. The van der Waals surface area contributed by atoms with Crippen LogP contribution in [0.1, 0.15) is 0 Å². The van der Waals surface area contributed by atoms with Gasteiger partial charge in [-0.1, -0.05) is 97.1 Å². The molecule has 13 aromatic rings. The first kappa shape index (κ1) is 37.4. The molecule has 0 saturated carbocycles. The molecule has 0 radical (unpaired) electrons. The van der Waals surface area contributed by atoms with Crippen LogP contribution in [0.2, 0.25) is 0 Å². The predicted molar refractivity (Wildman–Crippen MR) is 267 cm³/mol. The SMILES string of the molecule is c1ccc(-c2cc(-c3ccccc3)cc(-n3c4ccc(-c5ccccn5)cc4c4ccc5c6cc(-c7ccccn7)ccc6n(-c6nccc(-c7cnc8cccnc8c7)n6)c5c43)c2)cc1. The second-order valence-corrected chi connectivity index (χ2v) is 16.4. The Balaban J connectivity index is 1.17. The van der Waals surface area contributed by atoms with E-state index in [-0.39, 0.29) is 0 Å². The normalized spacial score (nSPS) is 11.6. The van der Waals surface area contributed by atoms with Gasteiger partial charge in [-0.25, -0.2) is 9.97 Å². The van der Waals surface area contributed by atoms with Crippen LogP contribution < -0.4 is 0 Å². The first-order valence-corrected chi connectivity index (χ1v) is 21.9. The van der Waals surface area contributed by atoms with Gasteiger partial charge in [0.15, 0.2) is 0 Å². The third kappa shape index (κ3) is 6.23. The highest BCUT2D eigenvalue weighted by Crippen LogP contribution is 2.44. The maximum atomic E-state index is 5.35. The summed E-state index contributed by atoms with van der Waals surface area (Å²) < 4.78 is 4.67. The molecule has 0 aliphatic rings. The number of aromatic nitrogens is 8. The molecule has 7 heterocycles. The molecule has 7 aromatic heterocycles. The largest absolute Gasteiger partial charge is 0.307 e. The van der Waals surface area contributed by atoms with E-state index in [0.717, 1.165) is 116 Å². The van der Waals surface area contributed by atoms with Gasteiger partial charge in [0.25, 0.3) is 0 Å². The smallest absolute Gasteiger partial charge is 0.235 e. The topological polar surface area (TPSA) is 87.2 Å². The zero-order valence-corrected chi connectivity index (χ0v) is 35.4. The molecular formula is C58H36N8. The quantitative estimate of drug-likeness (QED) is 0.159. The van der Waals surface area contributed by atoms with Gasteiger partial charge in [-0.3, -0.25) is 24.5 Å². The molecule has 308 valence electrons. The van der Waals surface area contributed by atoms with Crippen LogP contribution in [0.4, 0.5) is 0 Å². The molecule has 0 saturated heterocycles. The van der Waals surface area contributed by atoms with Gasteiger partial charge in [-0.15, -0.1) is 0 Å². The van der Waals surface area contributed by atoms with Gasteiger partial charge < -0.3 is 4.57 Å². The average Bonchev–Trinajstić information content (AvgIpc) is 3.92. The van der Waals surface area contributed by atoms with Crippen molar-refractivity contribution in [1.29, 1.82) is 0 Å². The van der Waals surface area contributed by atoms with Crippen molar-refractivity contribution in [2.24, 2.45) is 0 Å². The zero-order chi connectivity index (χ0) is 43.6. The van der Waals surface area contributed by atoms with E-state index in [1.54, 1.807) is 6.20 Å². The van der Waals surface area contributed by atoms with Crippen LogP contribution in [0.25, 0.3) is 122 Å². The first-order valence-electron chi connectivity index (χ1n) is 21.9. The average molecular weight is 845 g/mol. The number of hydrogen-bond donors (Lipinski definition) is 0. The van der Waals surface area contributed by atoms with Crippen LogP contribution in [0.15, 0.2) is 219 Å². The third-order valence-electron chi connectivity index (χ3n) is 12.6. The maximum Gasteiger partial charge on any atom is 0.235 e. The highest BCUT2D eigenvalue weighted by atomic mass is 15.2. The van der Waals surface area contributed by atoms with Gasteiger partial charge in [-0.05, 0) is 113 Å². The first-order chi connectivity index (χ1) is 32.7. The van der Waals surface area contributed by atoms with Crippen LogP contribution >= 0.6 is 0 Å². The molecule has 8 nitrogen and oxygen atoms in total. The lowest BCUT2D eigenvalue weighted by molar-refractivity contribution is 0.991. The Morgan fingerprint density at radius 3 is 1.52 bits per heavy atom. The standard InChI is InChI=1S/C58H36N8/c1-3-12-37(13-4-1)41-30-42(38-14-5-2-6-15-38)32-44(31-41)65-54-23-19-39(49-16-7-9-26-59-49)33-47(54)45-21-22-46-48-34-40(50-17-8-10-27-60-50)20-24-55(48)66(57(46)56(45)65)58-62-29-25-51(64-58)43-35-53-52(63-36-43)18-11-28-61-53/h1-36H. The minimum atomic E-state index is 0.542. The van der Waals surface area contributed by atoms with Crippen molar-refractivity contribution in [2.75, 3.05) is 0 Å². The maximum absolute atomic E-state index is 5.35. The van der Waals surface area contributed by atoms with Crippen LogP contribution in [0.5, 0.6) is 0 Å². The highest BCUT2D eigenvalue weighted by Gasteiger charge is 2.24. The number of rotatable bonds is 7. The second-order valence-electron chi connectivity index (χ2n) is 16.4. The van der Waals surface area contributed by atoms with E-state index in [4.69, 9.17) is 24.9 Å². The van der Waals surface area contributed by atoms with E-state index in [0.29, 0.717) is 5.95 Å². The minimum absolute atomic E-state index is 0.542. The molecule has 66 heavy (non-hydrogen) atoms. The Bertz CT molecular complexity index is 3920. The summed E-state index contributed by atoms with van der Waals surface area (Å²) in [7, 11) is 0. The molecular weight excluding hydrogens is 809 g/mol. The van der Waals surface area contributed by atoms with Crippen LogP contribution in [-0.4, -0.2) is 39.0 Å². The predicted octanol–water partition coefficient (Wildman–Crippen LogP) is 13.7. The third-order valence-corrected chi connectivity index (χ3v) is 12.6. The summed E-state index contributed by atoms with van der Waals surface area (Å²) >= 11 is 0. The fraction of sp³-hybridized carbons (Fsp3) is 0. The number of nitrogens with zero attached hydrogens (tertiary/aromatic N) is 8. The molecule has 13 rings (SSSR count). The lowest BCUT2D eigenvalue weighted by Gasteiger charge is -2.15. The second kappa shape index (κ2) is 15.3. The Hall–Kier alpha value is -9.14. The van der Waals surface area contributed by atoms with Crippen molar-refractivity contribution in [1.82, 2.24) is 39.0 Å². The Labute approximate surface area is 378 Å². The van der Waals surface area contributed by atoms with E-state index < -0.39 is 0 Å². The Morgan fingerprint density at radius 1 is 0.303 bits per heavy atom. The molecule has 6 aromatic carbocycles. The lowest BCUT2D eigenvalue weighted by atomic mass is 9.98. The fourth-order valence-corrected chi connectivity index (χ4v) is 9.51. The van der Waals surface area contributed by atoms with Crippen LogP contribution in [-0.2, 0) is 0 Å². The Morgan fingerprint density at radius 2 is 0.894 bits per heavy atom. The van der Waals surface area contributed by atoms with Crippen LogP contribution in [0, 0.1) is 0 Å². The number of benzene rings is 6. The Kier molecular flexibility index (Phi) is 8.67. The highest BCUT2D eigenvalue weighted by molar-refractivity contribution is 6.24. The number of hydrogen-bond acceptors (Lipinski definition) is 6. The zero-order valence-electron chi connectivity index (χ0n) is 35.4. The van der Waals surface area contributed by atoms with E-state index in [9.17, 15) is 0 Å². The van der Waals surface area contributed by atoms with Crippen molar-refractivity contribution < 1.29 is 0 Å². The van der Waals surface area contributed by atoms with Gasteiger partial charge in [0.1, 0.15) is 0 Å². The van der Waals surface area contributed by atoms with E-state index in [1.807, 2.05) is 73.3 Å². The summed E-state index contributed by atoms with van der Waals surface area (Å²) in [5, 5.41) is 4.33. The van der Waals surface area contributed by atoms with Crippen molar-refractivity contribution >= 4 is 54.6 Å². The van der Waals surface area contributed by atoms with Gasteiger partial charge in [0, 0.05) is 74.9 Å². The van der Waals surface area contributed by atoms with Gasteiger partial charge >= 0.3 is 0 Å².